The Morgan fingerprint density at radius 1 is 0.371 bits per heavy atom. The molecule has 0 aliphatic rings. The summed E-state index contributed by atoms with van der Waals surface area (Å²) in [6, 6.07) is 58.6. The van der Waals surface area contributed by atoms with E-state index in [2.05, 4.69) is 85.1 Å². The summed E-state index contributed by atoms with van der Waals surface area (Å²) in [4.78, 5) is 15.1. The van der Waals surface area contributed by atoms with Crippen LogP contribution < -0.4 is 0 Å². The molecule has 0 atom stereocenters. The highest BCUT2D eigenvalue weighted by atomic mass is 19.4. The van der Waals surface area contributed by atoms with Crippen LogP contribution in [0.15, 0.2) is 182 Å². The lowest BCUT2D eigenvalue weighted by Crippen LogP contribution is -2.06. The van der Waals surface area contributed by atoms with Crippen LogP contribution in [0.2, 0.25) is 0 Å². The summed E-state index contributed by atoms with van der Waals surface area (Å²) in [7, 11) is 0. The quantitative estimate of drug-likeness (QED) is 0.161. The Labute approximate surface area is 357 Å². The van der Waals surface area contributed by atoms with Crippen molar-refractivity contribution in [2.45, 2.75) is 26.9 Å². The summed E-state index contributed by atoms with van der Waals surface area (Å²) in [6.07, 6.45) is -4.56. The van der Waals surface area contributed by atoms with E-state index in [4.69, 9.17) is 15.0 Å². The van der Waals surface area contributed by atoms with Crippen LogP contribution in [0.25, 0.3) is 95.0 Å². The fourth-order valence-corrected chi connectivity index (χ4v) is 8.59. The monoisotopic (exact) mass is 812 g/mol. The fourth-order valence-electron chi connectivity index (χ4n) is 8.59. The van der Waals surface area contributed by atoms with Gasteiger partial charge in [0.05, 0.1) is 22.3 Å². The SMILES string of the molecule is Cc1cc(C)cc(-c2ccc3c(c2)c2ccccc2n3-c2c(-c3cccc(C)c3)cc(-c3nc(-c4ccccc4)nc(-c4ccccc4)n3)cc2-c2cccc(C(F)(F)F)c2)c1. The van der Waals surface area contributed by atoms with Crippen molar-refractivity contribution in [3.63, 3.8) is 0 Å². The van der Waals surface area contributed by atoms with Crippen LogP contribution >= 0.6 is 0 Å². The van der Waals surface area contributed by atoms with Gasteiger partial charge < -0.3 is 4.57 Å². The number of para-hydroxylation sites is 1. The molecule has 0 bridgehead atoms. The van der Waals surface area contributed by atoms with E-state index in [1.54, 1.807) is 6.07 Å². The lowest BCUT2D eigenvalue weighted by molar-refractivity contribution is -0.137. The Bertz CT molecular complexity index is 3240. The minimum absolute atomic E-state index is 0.395. The molecule has 7 heteroatoms. The van der Waals surface area contributed by atoms with Gasteiger partial charge in [0.1, 0.15) is 0 Å². The molecular weight excluding hydrogens is 774 g/mol. The van der Waals surface area contributed by atoms with Crippen molar-refractivity contribution in [2.24, 2.45) is 0 Å². The molecule has 0 saturated heterocycles. The molecule has 2 aromatic heterocycles. The van der Waals surface area contributed by atoms with Crippen molar-refractivity contribution in [3.8, 4) is 73.2 Å². The first-order valence-corrected chi connectivity index (χ1v) is 20.5. The zero-order valence-corrected chi connectivity index (χ0v) is 34.2. The molecule has 0 spiro atoms. The van der Waals surface area contributed by atoms with E-state index in [0.29, 0.717) is 34.2 Å². The second-order valence-corrected chi connectivity index (χ2v) is 15.9. The van der Waals surface area contributed by atoms with Crippen molar-refractivity contribution >= 4 is 21.8 Å². The van der Waals surface area contributed by atoms with Crippen molar-refractivity contribution in [3.05, 3.63) is 204 Å². The maximum absolute atomic E-state index is 14.6. The zero-order valence-electron chi connectivity index (χ0n) is 34.2. The first-order valence-electron chi connectivity index (χ1n) is 20.5. The van der Waals surface area contributed by atoms with Crippen LogP contribution in [0.5, 0.6) is 0 Å². The average molecular weight is 813 g/mol. The second-order valence-electron chi connectivity index (χ2n) is 15.9. The molecule has 4 nitrogen and oxygen atoms in total. The van der Waals surface area contributed by atoms with Crippen LogP contribution in [0.1, 0.15) is 22.3 Å². The Morgan fingerprint density at radius 2 is 0.887 bits per heavy atom. The molecule has 300 valence electrons. The fraction of sp³-hybridized carbons (Fsp3) is 0.0727. The van der Waals surface area contributed by atoms with Gasteiger partial charge in [-0.2, -0.15) is 13.2 Å². The van der Waals surface area contributed by atoms with Gasteiger partial charge in [-0.05, 0) is 85.5 Å². The van der Waals surface area contributed by atoms with Crippen LogP contribution in [0.3, 0.4) is 0 Å². The third-order valence-electron chi connectivity index (χ3n) is 11.3. The van der Waals surface area contributed by atoms with E-state index in [1.807, 2.05) is 97.9 Å². The number of alkyl halides is 3. The number of aromatic nitrogens is 4. The molecule has 0 fully saturated rings. The van der Waals surface area contributed by atoms with E-state index in [0.717, 1.165) is 72.5 Å². The molecule has 0 saturated carbocycles. The smallest absolute Gasteiger partial charge is 0.308 e. The second kappa shape index (κ2) is 15.4. The molecule has 10 aromatic rings. The maximum atomic E-state index is 14.6. The average Bonchev–Trinajstić information content (AvgIpc) is 3.62. The van der Waals surface area contributed by atoms with Gasteiger partial charge in [-0.3, -0.25) is 0 Å². The van der Waals surface area contributed by atoms with Gasteiger partial charge >= 0.3 is 6.18 Å². The summed E-state index contributed by atoms with van der Waals surface area (Å²) in [6.45, 7) is 6.25. The minimum atomic E-state index is -4.56. The van der Waals surface area contributed by atoms with Crippen molar-refractivity contribution < 1.29 is 13.2 Å². The van der Waals surface area contributed by atoms with Crippen molar-refractivity contribution in [1.29, 1.82) is 0 Å². The minimum Gasteiger partial charge on any atom is -0.308 e. The molecule has 2 heterocycles. The predicted molar refractivity (Wildman–Crippen MR) is 246 cm³/mol. The number of rotatable bonds is 7. The van der Waals surface area contributed by atoms with Crippen LogP contribution in [0.4, 0.5) is 13.2 Å². The van der Waals surface area contributed by atoms with Crippen LogP contribution in [-0.2, 0) is 6.18 Å². The molecule has 0 unspecified atom stereocenters. The van der Waals surface area contributed by atoms with Gasteiger partial charge in [0.15, 0.2) is 17.5 Å². The summed E-state index contributed by atoms with van der Waals surface area (Å²) < 4.78 is 46.1. The Hall–Kier alpha value is -7.64. The summed E-state index contributed by atoms with van der Waals surface area (Å²) in [5, 5.41) is 2.06. The zero-order chi connectivity index (χ0) is 42.5. The van der Waals surface area contributed by atoms with Crippen LogP contribution in [0, 0.1) is 20.8 Å². The number of hydrogen-bond donors (Lipinski definition) is 0. The van der Waals surface area contributed by atoms with E-state index in [9.17, 15) is 13.2 Å². The van der Waals surface area contributed by atoms with Gasteiger partial charge in [-0.1, -0.05) is 156 Å². The van der Waals surface area contributed by atoms with Crippen LogP contribution in [-0.4, -0.2) is 19.5 Å². The highest BCUT2D eigenvalue weighted by Gasteiger charge is 2.31. The molecule has 0 radical (unpaired) electrons. The van der Waals surface area contributed by atoms with Gasteiger partial charge in [-0.15, -0.1) is 0 Å². The molecule has 8 aromatic carbocycles. The maximum Gasteiger partial charge on any atom is 0.416 e. The van der Waals surface area contributed by atoms with E-state index >= 15 is 0 Å². The molecule has 0 N–H and O–H groups in total. The van der Waals surface area contributed by atoms with E-state index in [1.165, 1.54) is 23.3 Å². The number of halogens is 3. The third-order valence-corrected chi connectivity index (χ3v) is 11.3. The predicted octanol–water partition coefficient (Wildman–Crippen LogP) is 14.9. The molecular formula is C55H39F3N4. The molecule has 0 aliphatic carbocycles. The highest BCUT2D eigenvalue weighted by molar-refractivity contribution is 6.12. The normalized spacial score (nSPS) is 11.7. The summed E-state index contributed by atoms with van der Waals surface area (Å²) >= 11 is 0. The van der Waals surface area contributed by atoms with Crippen molar-refractivity contribution in [2.75, 3.05) is 0 Å². The number of benzene rings is 8. The third kappa shape index (κ3) is 7.21. The molecule has 62 heavy (non-hydrogen) atoms. The Kier molecular flexibility index (Phi) is 9.60. The lowest BCUT2D eigenvalue weighted by atomic mass is 9.91. The summed E-state index contributed by atoms with van der Waals surface area (Å²) in [5.41, 5.74) is 12.4. The first kappa shape index (κ1) is 38.6. The first-order chi connectivity index (χ1) is 30.1. The Balaban J connectivity index is 1.33. The molecule has 10 rings (SSSR count). The van der Waals surface area contributed by atoms with Gasteiger partial charge in [0.25, 0.3) is 0 Å². The summed E-state index contributed by atoms with van der Waals surface area (Å²) in [5.74, 6) is 1.36. The standard InChI is InChI=1S/C55H39F3N4/c1-34-14-12-19-40(27-34)46-32-43(54-60-52(37-15-6-4-7-16-37)59-53(61-54)38-17-8-5-9-18-38)33-47(41-20-13-21-44(30-41)55(56,57)58)51(46)62-49-23-11-10-22-45(49)48-31-39(24-25-50(48)62)42-28-35(2)26-36(3)29-42/h4-33H,1-3H3. The number of nitrogens with zero attached hydrogens (tertiary/aromatic N) is 4. The van der Waals surface area contributed by atoms with Crippen molar-refractivity contribution in [1.82, 2.24) is 19.5 Å². The molecule has 0 amide bonds. The van der Waals surface area contributed by atoms with Gasteiger partial charge in [0.2, 0.25) is 0 Å². The number of aryl methyl sites for hydroxylation is 3. The largest absolute Gasteiger partial charge is 0.416 e. The lowest BCUT2D eigenvalue weighted by Gasteiger charge is -2.22. The Morgan fingerprint density at radius 3 is 1.50 bits per heavy atom. The number of hydrogen-bond acceptors (Lipinski definition) is 3. The van der Waals surface area contributed by atoms with E-state index in [-0.39, 0.29) is 0 Å². The van der Waals surface area contributed by atoms with Gasteiger partial charge in [0, 0.05) is 38.6 Å². The number of fused-ring (bicyclic) bond motifs is 3. The van der Waals surface area contributed by atoms with Gasteiger partial charge in [-0.25, -0.2) is 15.0 Å². The molecule has 0 aliphatic heterocycles. The highest BCUT2D eigenvalue weighted by Crippen LogP contribution is 2.45. The topological polar surface area (TPSA) is 43.6 Å². The van der Waals surface area contributed by atoms with E-state index < -0.39 is 11.7 Å².